The highest BCUT2D eigenvalue weighted by molar-refractivity contribution is 6.05. The minimum Gasteiger partial charge on any atom is -0.491 e. The lowest BCUT2D eigenvalue weighted by molar-refractivity contribution is 0.101. The second kappa shape index (κ2) is 10.2. The van der Waals surface area contributed by atoms with E-state index in [1.54, 1.807) is 61.7 Å². The van der Waals surface area contributed by atoms with E-state index in [1.807, 2.05) is 25.1 Å². The molecule has 3 rings (SSSR count). The van der Waals surface area contributed by atoms with Crippen LogP contribution in [0, 0.1) is 6.92 Å². The quantitative estimate of drug-likeness (QED) is 0.541. The van der Waals surface area contributed by atoms with Crippen molar-refractivity contribution in [2.24, 2.45) is 0 Å². The topological polar surface area (TPSA) is 76.7 Å². The van der Waals surface area contributed by atoms with Crippen molar-refractivity contribution in [1.29, 1.82) is 0 Å². The summed E-state index contributed by atoms with van der Waals surface area (Å²) in [6.45, 7) is 2.90. The molecule has 0 heterocycles. The van der Waals surface area contributed by atoms with E-state index in [4.69, 9.17) is 9.47 Å². The third-order valence-corrected chi connectivity index (χ3v) is 4.35. The first-order valence-electron chi connectivity index (χ1n) is 9.56. The molecule has 0 radical (unpaired) electrons. The molecule has 6 heteroatoms. The van der Waals surface area contributed by atoms with Crippen LogP contribution in [0.5, 0.6) is 5.75 Å². The average molecular weight is 404 g/mol. The summed E-state index contributed by atoms with van der Waals surface area (Å²) in [5, 5.41) is 5.69. The smallest absolute Gasteiger partial charge is 0.255 e. The molecule has 3 aromatic carbocycles. The number of benzene rings is 3. The van der Waals surface area contributed by atoms with E-state index in [2.05, 4.69) is 10.6 Å². The minimum atomic E-state index is -0.227. The summed E-state index contributed by atoms with van der Waals surface area (Å²) in [6.07, 6.45) is 0. The molecule has 0 saturated heterocycles. The van der Waals surface area contributed by atoms with Crippen LogP contribution in [0.3, 0.4) is 0 Å². The van der Waals surface area contributed by atoms with Gasteiger partial charge in [0.1, 0.15) is 12.4 Å². The first kappa shape index (κ1) is 21.1. The van der Waals surface area contributed by atoms with Gasteiger partial charge in [-0.2, -0.15) is 0 Å². The highest BCUT2D eigenvalue weighted by Gasteiger charge is 2.08. The first-order valence-corrected chi connectivity index (χ1v) is 9.56. The van der Waals surface area contributed by atoms with Gasteiger partial charge in [-0.15, -0.1) is 0 Å². The molecule has 154 valence electrons. The molecule has 0 aliphatic carbocycles. The second-order valence-corrected chi connectivity index (χ2v) is 6.72. The van der Waals surface area contributed by atoms with E-state index in [0.717, 1.165) is 5.56 Å². The van der Waals surface area contributed by atoms with Crippen molar-refractivity contribution in [3.8, 4) is 5.75 Å². The van der Waals surface area contributed by atoms with Crippen LogP contribution in [-0.2, 0) is 4.74 Å². The monoisotopic (exact) mass is 404 g/mol. The molecule has 0 unspecified atom stereocenters. The number of rotatable bonds is 8. The van der Waals surface area contributed by atoms with Gasteiger partial charge in [0, 0.05) is 29.6 Å². The fraction of sp³-hybridized carbons (Fsp3) is 0.167. The van der Waals surface area contributed by atoms with Gasteiger partial charge in [0.25, 0.3) is 11.8 Å². The van der Waals surface area contributed by atoms with E-state index in [-0.39, 0.29) is 11.8 Å². The Morgan fingerprint density at radius 2 is 1.37 bits per heavy atom. The van der Waals surface area contributed by atoms with Gasteiger partial charge in [0.15, 0.2) is 0 Å². The standard InChI is InChI=1S/C24H24N2O4/c1-17-4-3-5-19(16-17)24(28)26-21-10-8-20(9-11-21)25-23(27)18-6-12-22(13-7-18)30-15-14-29-2/h3-13,16H,14-15H2,1-2H3,(H,25,27)(H,26,28). The predicted molar refractivity (Wildman–Crippen MR) is 117 cm³/mol. The lowest BCUT2D eigenvalue weighted by Gasteiger charge is -2.09. The van der Waals surface area contributed by atoms with Crippen molar-refractivity contribution in [3.05, 3.63) is 89.5 Å². The normalized spacial score (nSPS) is 10.3. The van der Waals surface area contributed by atoms with Gasteiger partial charge >= 0.3 is 0 Å². The molecule has 0 aromatic heterocycles. The van der Waals surface area contributed by atoms with Gasteiger partial charge in [0.05, 0.1) is 6.61 Å². The van der Waals surface area contributed by atoms with Crippen molar-refractivity contribution in [2.75, 3.05) is 31.0 Å². The molecule has 0 aliphatic rings. The largest absolute Gasteiger partial charge is 0.491 e. The highest BCUT2D eigenvalue weighted by Crippen LogP contribution is 2.17. The molecule has 0 saturated carbocycles. The summed E-state index contributed by atoms with van der Waals surface area (Å²) < 4.78 is 10.4. The van der Waals surface area contributed by atoms with E-state index >= 15 is 0 Å². The third kappa shape index (κ3) is 5.93. The minimum absolute atomic E-state index is 0.178. The van der Waals surface area contributed by atoms with Gasteiger partial charge in [-0.05, 0) is 67.6 Å². The Balaban J connectivity index is 1.56. The van der Waals surface area contributed by atoms with Crippen LogP contribution in [0.1, 0.15) is 26.3 Å². The zero-order valence-electron chi connectivity index (χ0n) is 17.0. The Kier molecular flexibility index (Phi) is 7.19. The number of nitrogens with one attached hydrogen (secondary N) is 2. The molecule has 2 amide bonds. The average Bonchev–Trinajstić information content (AvgIpc) is 2.76. The van der Waals surface area contributed by atoms with Crippen molar-refractivity contribution in [2.45, 2.75) is 6.92 Å². The molecule has 0 aliphatic heterocycles. The van der Waals surface area contributed by atoms with Crippen LogP contribution in [-0.4, -0.2) is 32.1 Å². The van der Waals surface area contributed by atoms with Crippen molar-refractivity contribution in [3.63, 3.8) is 0 Å². The molecule has 0 atom stereocenters. The Hall–Kier alpha value is -3.64. The number of anilines is 2. The van der Waals surface area contributed by atoms with Crippen molar-refractivity contribution >= 4 is 23.2 Å². The van der Waals surface area contributed by atoms with Crippen LogP contribution < -0.4 is 15.4 Å². The summed E-state index contributed by atoms with van der Waals surface area (Å²) >= 11 is 0. The van der Waals surface area contributed by atoms with E-state index in [1.165, 1.54) is 0 Å². The van der Waals surface area contributed by atoms with Gasteiger partial charge in [-0.1, -0.05) is 17.7 Å². The number of methoxy groups -OCH3 is 1. The third-order valence-electron chi connectivity index (χ3n) is 4.35. The van der Waals surface area contributed by atoms with Crippen LogP contribution in [0.4, 0.5) is 11.4 Å². The van der Waals surface area contributed by atoms with Crippen LogP contribution in [0.25, 0.3) is 0 Å². The van der Waals surface area contributed by atoms with E-state index < -0.39 is 0 Å². The highest BCUT2D eigenvalue weighted by atomic mass is 16.5. The fourth-order valence-corrected chi connectivity index (χ4v) is 2.78. The summed E-state index contributed by atoms with van der Waals surface area (Å²) in [5.41, 5.74) is 3.43. The SMILES string of the molecule is COCCOc1ccc(C(=O)Nc2ccc(NC(=O)c3cccc(C)c3)cc2)cc1. The van der Waals surface area contributed by atoms with Crippen LogP contribution in [0.2, 0.25) is 0 Å². The Morgan fingerprint density at radius 3 is 1.93 bits per heavy atom. The van der Waals surface area contributed by atoms with Gasteiger partial charge in [-0.3, -0.25) is 9.59 Å². The van der Waals surface area contributed by atoms with Crippen LogP contribution >= 0.6 is 0 Å². The van der Waals surface area contributed by atoms with Gasteiger partial charge < -0.3 is 20.1 Å². The number of aryl methyl sites for hydroxylation is 1. The number of hydrogen-bond donors (Lipinski definition) is 2. The zero-order valence-corrected chi connectivity index (χ0v) is 17.0. The maximum absolute atomic E-state index is 12.4. The number of carbonyl (C=O) groups is 2. The number of ether oxygens (including phenoxy) is 2. The van der Waals surface area contributed by atoms with Crippen molar-refractivity contribution < 1.29 is 19.1 Å². The number of carbonyl (C=O) groups excluding carboxylic acids is 2. The van der Waals surface area contributed by atoms with Gasteiger partial charge in [-0.25, -0.2) is 0 Å². The van der Waals surface area contributed by atoms with Crippen molar-refractivity contribution in [1.82, 2.24) is 0 Å². The predicted octanol–water partition coefficient (Wildman–Crippen LogP) is 4.52. The summed E-state index contributed by atoms with van der Waals surface area (Å²) in [7, 11) is 1.61. The number of amides is 2. The molecule has 30 heavy (non-hydrogen) atoms. The maximum atomic E-state index is 12.4. The Bertz CT molecular complexity index is 998. The zero-order chi connectivity index (χ0) is 21.3. The molecular weight excluding hydrogens is 380 g/mol. The Morgan fingerprint density at radius 1 is 0.767 bits per heavy atom. The van der Waals surface area contributed by atoms with Crippen LogP contribution in [0.15, 0.2) is 72.8 Å². The number of hydrogen-bond acceptors (Lipinski definition) is 4. The molecule has 3 aromatic rings. The fourth-order valence-electron chi connectivity index (χ4n) is 2.78. The molecule has 0 fully saturated rings. The molecule has 0 bridgehead atoms. The van der Waals surface area contributed by atoms with E-state index in [9.17, 15) is 9.59 Å². The lowest BCUT2D eigenvalue weighted by atomic mass is 10.1. The molecule has 2 N–H and O–H groups in total. The summed E-state index contributed by atoms with van der Waals surface area (Å²) in [6, 6.07) is 21.3. The first-order chi connectivity index (χ1) is 14.5. The second-order valence-electron chi connectivity index (χ2n) is 6.72. The molecular formula is C24H24N2O4. The molecule has 0 spiro atoms. The summed E-state index contributed by atoms with van der Waals surface area (Å²) in [4.78, 5) is 24.8. The summed E-state index contributed by atoms with van der Waals surface area (Å²) in [5.74, 6) is 0.274. The Labute approximate surface area is 175 Å². The molecule has 6 nitrogen and oxygen atoms in total. The maximum Gasteiger partial charge on any atom is 0.255 e. The van der Waals surface area contributed by atoms with Gasteiger partial charge in [0.2, 0.25) is 0 Å². The lowest BCUT2D eigenvalue weighted by Crippen LogP contribution is -2.13. The van der Waals surface area contributed by atoms with E-state index in [0.29, 0.717) is 41.5 Å².